The standard InChI is InChI=1S/C19H20F4N2O/c1-17(2)11-7-8-18(17,3)15-14(11)16(26)25(24(15)4)13-9-10(19(21,22)23)5-6-12(13)20/h5-6,9,11H,7-8H2,1-4H3/t11?,18-/m0/s1. The number of hydrogen-bond donors (Lipinski definition) is 0. The van der Waals surface area contributed by atoms with Crippen LogP contribution in [0.15, 0.2) is 23.0 Å². The Morgan fingerprint density at radius 3 is 2.42 bits per heavy atom. The van der Waals surface area contributed by atoms with E-state index in [9.17, 15) is 22.4 Å². The van der Waals surface area contributed by atoms with Gasteiger partial charge in [0.25, 0.3) is 5.56 Å². The van der Waals surface area contributed by atoms with Crippen molar-refractivity contribution in [3.05, 3.63) is 51.2 Å². The van der Waals surface area contributed by atoms with Crippen molar-refractivity contribution >= 4 is 0 Å². The molecule has 0 radical (unpaired) electrons. The highest BCUT2D eigenvalue weighted by atomic mass is 19.4. The maximum absolute atomic E-state index is 14.4. The maximum atomic E-state index is 14.4. The van der Waals surface area contributed by atoms with E-state index in [4.69, 9.17) is 0 Å². The van der Waals surface area contributed by atoms with Crippen LogP contribution in [0.5, 0.6) is 0 Å². The van der Waals surface area contributed by atoms with Crippen LogP contribution in [0.3, 0.4) is 0 Å². The van der Waals surface area contributed by atoms with E-state index in [0.717, 1.165) is 29.3 Å². The Balaban J connectivity index is 2.00. The molecule has 0 aliphatic heterocycles. The second-order valence-electron chi connectivity index (χ2n) is 8.21. The molecule has 2 atom stereocenters. The van der Waals surface area contributed by atoms with Crippen LogP contribution in [0.4, 0.5) is 17.6 Å². The summed E-state index contributed by atoms with van der Waals surface area (Å²) in [6, 6.07) is 2.17. The SMILES string of the molecule is Cn1c2c(c(=O)n1-c1cc(C(F)(F)F)ccc1F)C1CC[C@]2(C)C1(C)C. The van der Waals surface area contributed by atoms with E-state index in [1.54, 1.807) is 11.7 Å². The third-order valence-corrected chi connectivity index (χ3v) is 6.90. The van der Waals surface area contributed by atoms with Gasteiger partial charge in [-0.3, -0.25) is 9.48 Å². The first-order valence-electron chi connectivity index (χ1n) is 8.61. The van der Waals surface area contributed by atoms with Crippen molar-refractivity contribution in [2.24, 2.45) is 12.5 Å². The van der Waals surface area contributed by atoms with Crippen molar-refractivity contribution in [3.63, 3.8) is 0 Å². The number of rotatable bonds is 1. The smallest absolute Gasteiger partial charge is 0.284 e. The largest absolute Gasteiger partial charge is 0.416 e. The summed E-state index contributed by atoms with van der Waals surface area (Å²) in [7, 11) is 1.63. The molecular weight excluding hydrogens is 348 g/mol. The Hall–Kier alpha value is -2.05. The summed E-state index contributed by atoms with van der Waals surface area (Å²) < 4.78 is 56.2. The number of alkyl halides is 3. The number of aromatic nitrogens is 2. The quantitative estimate of drug-likeness (QED) is 0.681. The summed E-state index contributed by atoms with van der Waals surface area (Å²) in [5, 5.41) is 0. The minimum Gasteiger partial charge on any atom is -0.284 e. The fourth-order valence-corrected chi connectivity index (χ4v) is 5.15. The Labute approximate surface area is 148 Å². The van der Waals surface area contributed by atoms with Gasteiger partial charge in [0.15, 0.2) is 0 Å². The molecule has 7 heteroatoms. The molecule has 0 N–H and O–H groups in total. The second-order valence-corrected chi connectivity index (χ2v) is 8.21. The highest BCUT2D eigenvalue weighted by Crippen LogP contribution is 2.66. The summed E-state index contributed by atoms with van der Waals surface area (Å²) in [5.41, 5.74) is -0.672. The normalized spacial score (nSPS) is 26.4. The predicted octanol–water partition coefficient (Wildman–Crippen LogP) is 4.51. The monoisotopic (exact) mass is 368 g/mol. The maximum Gasteiger partial charge on any atom is 0.416 e. The summed E-state index contributed by atoms with van der Waals surface area (Å²) in [5.74, 6) is -0.813. The summed E-state index contributed by atoms with van der Waals surface area (Å²) in [4.78, 5) is 13.1. The second kappa shape index (κ2) is 4.81. The highest BCUT2D eigenvalue weighted by molar-refractivity contribution is 5.48. The van der Waals surface area contributed by atoms with Gasteiger partial charge >= 0.3 is 6.18 Å². The highest BCUT2D eigenvalue weighted by Gasteiger charge is 2.62. The Morgan fingerprint density at radius 1 is 1.19 bits per heavy atom. The summed E-state index contributed by atoms with van der Waals surface area (Å²) >= 11 is 0. The third-order valence-electron chi connectivity index (χ3n) is 6.90. The van der Waals surface area contributed by atoms with Gasteiger partial charge in [-0.1, -0.05) is 20.8 Å². The van der Waals surface area contributed by atoms with Gasteiger partial charge in [-0.05, 0) is 42.4 Å². The zero-order valence-corrected chi connectivity index (χ0v) is 15.0. The van der Waals surface area contributed by atoms with Gasteiger partial charge in [-0.2, -0.15) is 13.2 Å². The van der Waals surface area contributed by atoms with Crippen LogP contribution in [0.2, 0.25) is 0 Å². The zero-order valence-electron chi connectivity index (χ0n) is 15.0. The van der Waals surface area contributed by atoms with Gasteiger partial charge in [-0.25, -0.2) is 9.07 Å². The topological polar surface area (TPSA) is 26.9 Å². The van der Waals surface area contributed by atoms with E-state index < -0.39 is 23.1 Å². The minimum absolute atomic E-state index is 0.0382. The van der Waals surface area contributed by atoms with E-state index in [1.165, 1.54) is 0 Å². The van der Waals surface area contributed by atoms with E-state index in [0.29, 0.717) is 17.7 Å². The molecule has 26 heavy (non-hydrogen) atoms. The van der Waals surface area contributed by atoms with Crippen LogP contribution in [0.25, 0.3) is 5.69 Å². The van der Waals surface area contributed by atoms with Crippen LogP contribution >= 0.6 is 0 Å². The van der Waals surface area contributed by atoms with Gasteiger partial charge in [0.05, 0.1) is 11.3 Å². The molecule has 0 spiro atoms. The lowest BCUT2D eigenvalue weighted by molar-refractivity contribution is -0.137. The zero-order chi connectivity index (χ0) is 19.2. The number of fused-ring (bicyclic) bond motifs is 5. The summed E-state index contributed by atoms with van der Waals surface area (Å²) in [6.45, 7) is 6.34. The predicted molar refractivity (Wildman–Crippen MR) is 89.1 cm³/mol. The third kappa shape index (κ3) is 1.86. The number of hydrogen-bond acceptors (Lipinski definition) is 1. The molecule has 1 saturated carbocycles. The number of halogens is 4. The van der Waals surface area contributed by atoms with Crippen molar-refractivity contribution < 1.29 is 17.6 Å². The van der Waals surface area contributed by atoms with Gasteiger partial charge in [-0.15, -0.1) is 0 Å². The van der Waals surface area contributed by atoms with Crippen molar-refractivity contribution in [2.45, 2.75) is 51.1 Å². The molecule has 0 saturated heterocycles. The van der Waals surface area contributed by atoms with Gasteiger partial charge < -0.3 is 0 Å². The van der Waals surface area contributed by atoms with Crippen LogP contribution in [-0.4, -0.2) is 9.36 Å². The molecule has 4 rings (SSSR count). The molecular formula is C19H20F4N2O. The average molecular weight is 368 g/mol. The fraction of sp³-hybridized carbons (Fsp3) is 0.526. The molecule has 1 unspecified atom stereocenters. The van der Waals surface area contributed by atoms with E-state index in [2.05, 4.69) is 20.8 Å². The molecule has 140 valence electrons. The van der Waals surface area contributed by atoms with Crippen LogP contribution in [0, 0.1) is 11.2 Å². The van der Waals surface area contributed by atoms with Crippen molar-refractivity contribution in [1.82, 2.24) is 9.36 Å². The van der Waals surface area contributed by atoms with Crippen LogP contribution in [0.1, 0.15) is 56.4 Å². The van der Waals surface area contributed by atoms with Crippen LogP contribution < -0.4 is 5.56 Å². The van der Waals surface area contributed by atoms with E-state index in [1.807, 2.05) is 0 Å². The van der Waals surface area contributed by atoms with Gasteiger partial charge in [0.1, 0.15) is 11.5 Å². The van der Waals surface area contributed by atoms with Crippen molar-refractivity contribution in [1.29, 1.82) is 0 Å². The molecule has 1 aromatic carbocycles. The average Bonchev–Trinajstić information content (AvgIpc) is 2.99. The van der Waals surface area contributed by atoms with Gasteiger partial charge in [0, 0.05) is 18.0 Å². The molecule has 1 heterocycles. The molecule has 0 amide bonds. The number of benzene rings is 1. The molecule has 2 aromatic rings. The lowest BCUT2D eigenvalue weighted by Gasteiger charge is -2.36. The molecule has 1 fully saturated rings. The number of nitrogens with zero attached hydrogens (tertiary/aromatic N) is 2. The lowest BCUT2D eigenvalue weighted by Crippen LogP contribution is -2.35. The summed E-state index contributed by atoms with van der Waals surface area (Å²) in [6.07, 6.45) is -2.84. The first-order chi connectivity index (χ1) is 11.9. The Morgan fingerprint density at radius 2 is 1.85 bits per heavy atom. The van der Waals surface area contributed by atoms with E-state index >= 15 is 0 Å². The Kier molecular flexibility index (Phi) is 3.21. The molecule has 2 aliphatic carbocycles. The minimum atomic E-state index is -4.60. The molecule has 2 bridgehead atoms. The van der Waals surface area contributed by atoms with Crippen molar-refractivity contribution in [2.75, 3.05) is 0 Å². The fourth-order valence-electron chi connectivity index (χ4n) is 5.15. The first-order valence-corrected chi connectivity index (χ1v) is 8.61. The van der Waals surface area contributed by atoms with E-state index in [-0.39, 0.29) is 22.4 Å². The molecule has 2 aliphatic rings. The first kappa shape index (κ1) is 17.4. The van der Waals surface area contributed by atoms with Crippen molar-refractivity contribution in [3.8, 4) is 5.69 Å². The molecule has 3 nitrogen and oxygen atoms in total. The van der Waals surface area contributed by atoms with Gasteiger partial charge in [0.2, 0.25) is 0 Å². The van der Waals surface area contributed by atoms with Crippen LogP contribution in [-0.2, 0) is 18.6 Å². The molecule has 1 aromatic heterocycles. The lowest BCUT2D eigenvalue weighted by atomic mass is 9.70. The Bertz CT molecular complexity index is 983.